The fraction of sp³-hybridized carbons (Fsp3) is 0.188. The second-order valence-corrected chi connectivity index (χ2v) is 10.2. The van der Waals surface area contributed by atoms with Crippen molar-refractivity contribution in [2.75, 3.05) is 5.32 Å². The number of carbonyl (C=O) groups is 3. The quantitative estimate of drug-likeness (QED) is 0.274. The minimum Gasteiger partial charge on any atom is -0.478 e. The third-order valence-electron chi connectivity index (χ3n) is 5.67. The van der Waals surface area contributed by atoms with E-state index in [1.807, 2.05) is 57.2 Å². The number of aromatic carboxylic acids is 1. The zero-order valence-corrected chi connectivity index (χ0v) is 23.4. The van der Waals surface area contributed by atoms with Gasteiger partial charge in [0.2, 0.25) is 11.9 Å². The van der Waals surface area contributed by atoms with E-state index < -0.39 is 17.8 Å². The van der Waals surface area contributed by atoms with Crippen LogP contribution in [0.5, 0.6) is 0 Å². The van der Waals surface area contributed by atoms with E-state index in [9.17, 15) is 18.8 Å². The number of rotatable bonds is 5. The van der Waals surface area contributed by atoms with E-state index in [2.05, 4.69) is 22.3 Å². The summed E-state index contributed by atoms with van der Waals surface area (Å²) in [5, 5.41) is 15.7. The van der Waals surface area contributed by atoms with Gasteiger partial charge in [-0.3, -0.25) is 9.59 Å². The number of carbonyl (C=O) groups excluding carboxylic acids is 2. The largest absolute Gasteiger partial charge is 0.478 e. The first kappa shape index (κ1) is 30.3. The lowest BCUT2D eigenvalue weighted by Crippen LogP contribution is -2.21. The summed E-state index contributed by atoms with van der Waals surface area (Å²) >= 11 is 0. The molecule has 2 amide bonds. The van der Waals surface area contributed by atoms with Gasteiger partial charge in [-0.15, -0.1) is 0 Å². The lowest BCUT2D eigenvalue weighted by atomic mass is 9.97. The van der Waals surface area contributed by atoms with Crippen LogP contribution >= 0.6 is 0 Å². The Labute approximate surface area is 238 Å². The van der Waals surface area contributed by atoms with E-state index in [-0.39, 0.29) is 28.1 Å². The van der Waals surface area contributed by atoms with Gasteiger partial charge in [-0.25, -0.2) is 9.48 Å². The van der Waals surface area contributed by atoms with Crippen molar-refractivity contribution in [3.05, 3.63) is 107 Å². The summed E-state index contributed by atoms with van der Waals surface area (Å²) in [5.74, 6) is 3.39. The number of para-hydroxylation sites is 1. The van der Waals surface area contributed by atoms with Crippen molar-refractivity contribution < 1.29 is 23.9 Å². The van der Waals surface area contributed by atoms with E-state index in [0.29, 0.717) is 11.4 Å². The number of nitrogens with two attached hydrogens (primary N) is 1. The Hall–Kier alpha value is -5.23. The number of aryl methyl sites for hydroxylation is 2. The fourth-order valence-electron chi connectivity index (χ4n) is 3.68. The number of carboxylic acids is 1. The van der Waals surface area contributed by atoms with Gasteiger partial charge in [0.15, 0.2) is 0 Å². The molecule has 1 aromatic heterocycles. The maximum atomic E-state index is 13.0. The highest BCUT2D eigenvalue weighted by molar-refractivity contribution is 6.13. The molecule has 0 unspecified atom stereocenters. The Morgan fingerprint density at radius 3 is 2.15 bits per heavy atom. The first-order valence-corrected chi connectivity index (χ1v) is 12.6. The normalized spacial score (nSPS) is 10.5. The maximum absolute atomic E-state index is 13.0. The topological polar surface area (TPSA) is 127 Å². The fourth-order valence-corrected chi connectivity index (χ4v) is 3.68. The van der Waals surface area contributed by atoms with Crippen molar-refractivity contribution in [1.29, 1.82) is 0 Å². The maximum Gasteiger partial charge on any atom is 0.335 e. The molecule has 0 bridgehead atoms. The van der Waals surface area contributed by atoms with Crippen LogP contribution < -0.4 is 11.1 Å². The molecule has 210 valence electrons. The summed E-state index contributed by atoms with van der Waals surface area (Å²) in [7, 11) is 1.57. The van der Waals surface area contributed by atoms with Gasteiger partial charge >= 0.3 is 5.97 Å². The van der Waals surface area contributed by atoms with Crippen LogP contribution in [0.15, 0.2) is 72.8 Å². The average Bonchev–Trinajstić information content (AvgIpc) is 3.21. The molecular formula is C32H31FN4O4. The molecule has 8 nitrogen and oxygen atoms in total. The first-order chi connectivity index (χ1) is 19.2. The Morgan fingerprint density at radius 2 is 1.63 bits per heavy atom. The number of hydrogen-bond donors (Lipinski definition) is 3. The number of aromatic nitrogens is 2. The first-order valence-electron chi connectivity index (χ1n) is 12.6. The second kappa shape index (κ2) is 12.7. The van der Waals surface area contributed by atoms with Crippen LogP contribution in [-0.2, 0) is 7.05 Å². The molecule has 1 heterocycles. The smallest absolute Gasteiger partial charge is 0.335 e. The number of nitrogens with zero attached hydrogens (tertiary/aromatic N) is 2. The van der Waals surface area contributed by atoms with Crippen LogP contribution in [0.2, 0.25) is 0 Å². The molecule has 0 saturated carbocycles. The van der Waals surface area contributed by atoms with Gasteiger partial charge in [-0.2, -0.15) is 9.49 Å². The van der Waals surface area contributed by atoms with Gasteiger partial charge in [0.1, 0.15) is 0 Å². The predicted octanol–water partition coefficient (Wildman–Crippen LogP) is 5.67. The molecule has 3 aromatic carbocycles. The van der Waals surface area contributed by atoms with Gasteiger partial charge in [-0.1, -0.05) is 42.2 Å². The molecule has 0 saturated heterocycles. The third kappa shape index (κ3) is 8.38. The Kier molecular flexibility index (Phi) is 9.43. The summed E-state index contributed by atoms with van der Waals surface area (Å²) < 4.78 is 13.4. The van der Waals surface area contributed by atoms with E-state index in [1.54, 1.807) is 26.1 Å². The molecule has 9 heteroatoms. The summed E-state index contributed by atoms with van der Waals surface area (Å²) in [5.41, 5.74) is 8.79. The monoisotopic (exact) mass is 554 g/mol. The number of hydrogen-bond acceptors (Lipinski definition) is 4. The zero-order chi connectivity index (χ0) is 30.3. The van der Waals surface area contributed by atoms with Gasteiger partial charge in [0, 0.05) is 35.3 Å². The number of halogens is 1. The van der Waals surface area contributed by atoms with Gasteiger partial charge < -0.3 is 16.2 Å². The summed E-state index contributed by atoms with van der Waals surface area (Å²) in [6.07, 6.45) is 0. The van der Waals surface area contributed by atoms with Crippen molar-refractivity contribution in [3.8, 4) is 23.0 Å². The highest BCUT2D eigenvalue weighted by Gasteiger charge is 2.19. The van der Waals surface area contributed by atoms with Crippen molar-refractivity contribution in [1.82, 2.24) is 9.78 Å². The van der Waals surface area contributed by atoms with E-state index in [1.165, 1.54) is 22.9 Å². The number of anilines is 1. The standard InChI is InChI=1S/C27H24N2O4.C5H7FN2/c1-27(2,3)15-14-17-8-10-18(11-9-17)20-6-4-5-7-23(20)29-25(31)21-13-12-19(26(32)33)16-22(21)24(28)30;1-4-3-5(6)8(2)7-4/h4-13,16H,1-3H3,(H2,28,30)(H,29,31)(H,32,33);3H,1-2H3. The van der Waals surface area contributed by atoms with Crippen molar-refractivity contribution >= 4 is 23.5 Å². The number of primary amides is 1. The molecule has 41 heavy (non-hydrogen) atoms. The minimum atomic E-state index is -1.22. The number of nitrogens with one attached hydrogen (secondary N) is 1. The lowest BCUT2D eigenvalue weighted by molar-refractivity contribution is 0.0696. The molecule has 0 fully saturated rings. The van der Waals surface area contributed by atoms with Crippen LogP contribution in [0.1, 0.15) is 63.1 Å². The molecule has 0 atom stereocenters. The zero-order valence-electron chi connectivity index (χ0n) is 23.4. The van der Waals surface area contributed by atoms with Crippen molar-refractivity contribution in [2.24, 2.45) is 18.2 Å². The van der Waals surface area contributed by atoms with Crippen molar-refractivity contribution in [2.45, 2.75) is 27.7 Å². The lowest BCUT2D eigenvalue weighted by Gasteiger charge is -2.13. The van der Waals surface area contributed by atoms with Crippen LogP contribution in [0.25, 0.3) is 11.1 Å². The number of carboxylic acid groups (broad SMARTS) is 1. The molecule has 4 aromatic rings. The Bertz CT molecular complexity index is 1640. The third-order valence-corrected chi connectivity index (χ3v) is 5.67. The molecule has 4 rings (SSSR count). The Balaban J connectivity index is 0.000000496. The molecule has 4 N–H and O–H groups in total. The van der Waals surface area contributed by atoms with E-state index in [0.717, 1.165) is 22.8 Å². The molecule has 0 radical (unpaired) electrons. The highest BCUT2D eigenvalue weighted by atomic mass is 19.1. The number of benzene rings is 3. The minimum absolute atomic E-state index is 0.00453. The summed E-state index contributed by atoms with van der Waals surface area (Å²) in [6.45, 7) is 7.90. The molecule has 0 aliphatic heterocycles. The second-order valence-electron chi connectivity index (χ2n) is 10.2. The highest BCUT2D eigenvalue weighted by Crippen LogP contribution is 2.29. The molecule has 0 aliphatic rings. The average molecular weight is 555 g/mol. The van der Waals surface area contributed by atoms with Crippen LogP contribution in [-0.4, -0.2) is 32.7 Å². The van der Waals surface area contributed by atoms with Gasteiger partial charge in [0.25, 0.3) is 5.91 Å². The predicted molar refractivity (Wildman–Crippen MR) is 156 cm³/mol. The molecule has 0 aliphatic carbocycles. The van der Waals surface area contributed by atoms with Crippen LogP contribution in [0.3, 0.4) is 0 Å². The van der Waals surface area contributed by atoms with Gasteiger partial charge in [-0.05, 0) is 69.7 Å². The van der Waals surface area contributed by atoms with Crippen molar-refractivity contribution in [3.63, 3.8) is 0 Å². The van der Waals surface area contributed by atoms with Crippen LogP contribution in [0.4, 0.5) is 10.1 Å². The van der Waals surface area contributed by atoms with Crippen LogP contribution in [0, 0.1) is 30.1 Å². The van der Waals surface area contributed by atoms with E-state index >= 15 is 0 Å². The van der Waals surface area contributed by atoms with E-state index in [4.69, 9.17) is 10.8 Å². The van der Waals surface area contributed by atoms with Gasteiger partial charge in [0.05, 0.1) is 22.4 Å². The molecular weight excluding hydrogens is 523 g/mol. The summed E-state index contributed by atoms with van der Waals surface area (Å²) in [4.78, 5) is 36.0. The number of amides is 2. The Morgan fingerprint density at radius 1 is 0.976 bits per heavy atom. The molecule has 0 spiro atoms. The SMILES string of the molecule is CC(C)(C)C#Cc1ccc(-c2ccccc2NC(=O)c2ccc(C(=O)O)cc2C(N)=O)cc1.Cc1cc(F)n(C)n1. The summed E-state index contributed by atoms with van der Waals surface area (Å²) in [6, 6.07) is 20.0.